The van der Waals surface area contributed by atoms with Gasteiger partial charge in [0.15, 0.2) is 0 Å². The van der Waals surface area contributed by atoms with Crippen molar-refractivity contribution in [1.29, 1.82) is 0 Å². The topological polar surface area (TPSA) is 12.9 Å². The van der Waals surface area contributed by atoms with Crippen LogP contribution in [-0.2, 0) is 6.37 Å². The Morgan fingerprint density at radius 1 is 1.90 bits per heavy atom. The van der Waals surface area contributed by atoms with Crippen LogP contribution >= 0.6 is 15.9 Å². The second-order valence-electron chi connectivity index (χ2n) is 1.67. The van der Waals surface area contributed by atoms with Crippen molar-refractivity contribution < 1.29 is 11.0 Å². The highest BCUT2D eigenvalue weighted by Crippen LogP contribution is 2.13. The molecule has 0 spiro atoms. The monoisotopic (exact) mass is 207 g/mol. The summed E-state index contributed by atoms with van der Waals surface area (Å²) in [5.41, 5.74) is -0.983. The number of hydrogen-bond acceptors (Lipinski definition) is 1. The second-order valence-corrected chi connectivity index (χ2v) is 2.59. The predicted molar refractivity (Wildman–Crippen MR) is 46.1 cm³/mol. The van der Waals surface area contributed by atoms with Crippen LogP contribution in [0.4, 0.5) is 0 Å². The third-order valence-electron chi connectivity index (χ3n) is 0.989. The first kappa shape index (κ1) is 2.31. The van der Waals surface area contributed by atoms with Crippen molar-refractivity contribution in [2.24, 2.45) is 0 Å². The van der Waals surface area contributed by atoms with E-state index >= 15 is 0 Å². The second kappa shape index (κ2) is 3.15. The number of rotatable bonds is 1. The van der Waals surface area contributed by atoms with E-state index in [1.165, 1.54) is 6.20 Å². The summed E-state index contributed by atoms with van der Waals surface area (Å²) in [4.78, 5) is 3.63. The van der Waals surface area contributed by atoms with Gasteiger partial charge in [0.25, 0.3) is 0 Å². The van der Waals surface area contributed by atoms with Gasteiger partial charge in [-0.15, -0.1) is 0 Å². The first-order valence-corrected chi connectivity index (χ1v) is 3.33. The summed E-state index contributed by atoms with van der Waals surface area (Å²) in [6, 6.07) is 1.14. The Bertz CT molecular complexity index is 449. The maximum Gasteiger partial charge on any atom is 0.0413 e. The lowest BCUT2D eigenvalue weighted by Gasteiger charge is -2.00. The first-order chi connectivity index (χ1) is 7.87. The average Bonchev–Trinajstić information content (AvgIpc) is 2.13. The van der Waals surface area contributed by atoms with E-state index in [1.54, 1.807) is 0 Å². The SMILES string of the molecule is [2H]C([2H])([2H])c1ncc(Br)cc1C([2H])([2H])C([2H])([2H])[2H]. The van der Waals surface area contributed by atoms with Crippen molar-refractivity contribution in [2.75, 3.05) is 0 Å². The minimum atomic E-state index is -2.98. The molecule has 0 unspecified atom stereocenters. The molecule has 0 saturated heterocycles. The molecule has 0 aromatic carbocycles. The fraction of sp³-hybridized carbons (Fsp3) is 0.375. The number of aryl methyl sites for hydroxylation is 2. The normalized spacial score (nSPS) is 25.7. The number of hydrogen-bond donors (Lipinski definition) is 0. The Labute approximate surface area is 80.9 Å². The molecular weight excluding hydrogens is 190 g/mol. The minimum absolute atomic E-state index is 0.318. The Balaban J connectivity index is 3.53. The fourth-order valence-corrected chi connectivity index (χ4v) is 0.866. The zero-order chi connectivity index (χ0) is 14.4. The van der Waals surface area contributed by atoms with Crippen LogP contribution in [0.1, 0.15) is 29.1 Å². The molecule has 0 bridgehead atoms. The van der Waals surface area contributed by atoms with Crippen molar-refractivity contribution in [3.63, 3.8) is 0 Å². The lowest BCUT2D eigenvalue weighted by Crippen LogP contribution is -1.89. The molecule has 0 fully saturated rings. The highest BCUT2D eigenvalue weighted by atomic mass is 79.9. The van der Waals surface area contributed by atoms with Crippen molar-refractivity contribution in [1.82, 2.24) is 4.98 Å². The molecule has 1 rings (SSSR count). The summed E-state index contributed by atoms with van der Waals surface area (Å²) in [5, 5.41) is 0. The molecule has 0 amide bonds. The maximum atomic E-state index is 7.63. The molecule has 1 aromatic rings. The van der Waals surface area contributed by atoms with Crippen molar-refractivity contribution in [2.45, 2.75) is 20.1 Å². The Kier molecular flexibility index (Phi) is 0.727. The van der Waals surface area contributed by atoms with Crippen molar-refractivity contribution >= 4 is 15.9 Å². The van der Waals surface area contributed by atoms with Gasteiger partial charge in [0.1, 0.15) is 0 Å². The number of halogens is 1. The third-order valence-corrected chi connectivity index (χ3v) is 1.42. The zero-order valence-corrected chi connectivity index (χ0v) is 6.57. The van der Waals surface area contributed by atoms with E-state index < -0.39 is 31.3 Å². The molecule has 1 aromatic heterocycles. The smallest absolute Gasteiger partial charge is 0.0413 e. The first-order valence-electron chi connectivity index (χ1n) is 6.54. The van der Waals surface area contributed by atoms with Crippen molar-refractivity contribution in [3.8, 4) is 0 Å². The summed E-state index contributed by atoms with van der Waals surface area (Å²) >= 11 is 3.03. The van der Waals surface area contributed by atoms with E-state index in [9.17, 15) is 0 Å². The van der Waals surface area contributed by atoms with Gasteiger partial charge in [0, 0.05) is 27.3 Å². The molecule has 0 radical (unpaired) electrons. The van der Waals surface area contributed by atoms with Crippen LogP contribution < -0.4 is 0 Å². The van der Waals surface area contributed by atoms with Gasteiger partial charge in [-0.25, -0.2) is 0 Å². The quantitative estimate of drug-likeness (QED) is 0.691. The zero-order valence-electron chi connectivity index (χ0n) is 13.0. The minimum Gasteiger partial charge on any atom is -0.260 e. The molecule has 0 saturated carbocycles. The largest absolute Gasteiger partial charge is 0.260 e. The molecule has 0 atom stereocenters. The summed E-state index contributed by atoms with van der Waals surface area (Å²) < 4.78 is 58.9. The van der Waals surface area contributed by atoms with Gasteiger partial charge >= 0.3 is 0 Å². The van der Waals surface area contributed by atoms with Crippen LogP contribution in [-0.4, -0.2) is 4.98 Å². The van der Waals surface area contributed by atoms with Crippen molar-refractivity contribution in [3.05, 3.63) is 28.0 Å². The van der Waals surface area contributed by atoms with Gasteiger partial charge in [-0.1, -0.05) is 6.85 Å². The van der Waals surface area contributed by atoms with E-state index in [-0.39, 0.29) is 0 Å². The Hall–Kier alpha value is -0.370. The summed E-state index contributed by atoms with van der Waals surface area (Å²) in [6.07, 6.45) is -1.59. The molecule has 0 aliphatic heterocycles. The highest BCUT2D eigenvalue weighted by Gasteiger charge is 1.95. The molecule has 0 aliphatic carbocycles. The van der Waals surface area contributed by atoms with E-state index in [1.807, 2.05) is 0 Å². The Morgan fingerprint density at radius 3 is 3.50 bits per heavy atom. The number of nitrogens with zero attached hydrogens (tertiary/aromatic N) is 1. The molecule has 0 N–H and O–H groups in total. The molecular formula is C8H10BrN. The third kappa shape index (κ3) is 1.57. The fourth-order valence-electron chi connectivity index (χ4n) is 0.535. The maximum absolute atomic E-state index is 7.63. The molecule has 0 aliphatic rings. The van der Waals surface area contributed by atoms with E-state index in [2.05, 4.69) is 20.9 Å². The standard InChI is InChI=1S/C8H10BrN/c1-3-7-4-8(9)5-10-6(7)2/h4-5H,3H2,1-2H3/i1D3,2D3,3D2. The summed E-state index contributed by atoms with van der Waals surface area (Å²) in [5.74, 6) is 0. The van der Waals surface area contributed by atoms with Gasteiger partial charge in [-0.05, 0) is 40.8 Å². The van der Waals surface area contributed by atoms with Crippen LogP contribution in [0.25, 0.3) is 0 Å². The molecule has 2 heteroatoms. The van der Waals surface area contributed by atoms with Gasteiger partial charge in [-0.3, -0.25) is 4.98 Å². The number of pyridine rings is 1. The van der Waals surface area contributed by atoms with Crippen LogP contribution in [0.3, 0.4) is 0 Å². The van der Waals surface area contributed by atoms with Crippen LogP contribution in [0.15, 0.2) is 16.7 Å². The van der Waals surface area contributed by atoms with E-state index in [0.29, 0.717) is 4.47 Å². The lowest BCUT2D eigenvalue weighted by atomic mass is 10.2. The van der Waals surface area contributed by atoms with Gasteiger partial charge in [0.2, 0.25) is 0 Å². The van der Waals surface area contributed by atoms with Gasteiger partial charge < -0.3 is 0 Å². The van der Waals surface area contributed by atoms with E-state index in [0.717, 1.165) is 6.07 Å². The van der Waals surface area contributed by atoms with Crippen LogP contribution in [0.2, 0.25) is 0 Å². The highest BCUT2D eigenvalue weighted by molar-refractivity contribution is 9.10. The molecule has 1 nitrogen and oxygen atoms in total. The molecule has 54 valence electrons. The van der Waals surface area contributed by atoms with E-state index in [4.69, 9.17) is 11.0 Å². The number of aromatic nitrogens is 1. The summed E-state index contributed by atoms with van der Waals surface area (Å²) in [7, 11) is 0. The van der Waals surface area contributed by atoms with Crippen LogP contribution in [0.5, 0.6) is 0 Å². The van der Waals surface area contributed by atoms with Crippen LogP contribution in [0, 0.1) is 6.85 Å². The van der Waals surface area contributed by atoms with Gasteiger partial charge in [0.05, 0.1) is 0 Å². The van der Waals surface area contributed by atoms with Gasteiger partial charge in [-0.2, -0.15) is 0 Å². The lowest BCUT2D eigenvalue weighted by molar-refractivity contribution is 1.04. The average molecular weight is 208 g/mol. The Morgan fingerprint density at radius 2 is 2.80 bits per heavy atom. The summed E-state index contributed by atoms with van der Waals surface area (Å²) in [6.45, 7) is -5.65. The molecule has 10 heavy (non-hydrogen) atoms. The molecule has 1 heterocycles. The predicted octanol–water partition coefficient (Wildman–Crippen LogP) is 2.71.